The van der Waals surface area contributed by atoms with Crippen LogP contribution in [-0.4, -0.2) is 34.0 Å². The molecule has 9 heteroatoms. The highest BCUT2D eigenvalue weighted by atomic mass is 16.7. The topological polar surface area (TPSA) is 105 Å². The molecular weight excluding hydrogens is 476 g/mol. The van der Waals surface area contributed by atoms with Crippen molar-refractivity contribution in [3.05, 3.63) is 65.7 Å². The van der Waals surface area contributed by atoms with Gasteiger partial charge in [-0.1, -0.05) is 6.07 Å². The Bertz CT molecular complexity index is 1580. The van der Waals surface area contributed by atoms with E-state index in [9.17, 15) is 5.26 Å². The summed E-state index contributed by atoms with van der Waals surface area (Å²) in [7, 11) is 3.14. The van der Waals surface area contributed by atoms with Gasteiger partial charge in [-0.15, -0.1) is 0 Å². The van der Waals surface area contributed by atoms with Gasteiger partial charge >= 0.3 is 0 Å². The van der Waals surface area contributed by atoms with E-state index in [-0.39, 0.29) is 25.0 Å². The zero-order valence-electron chi connectivity index (χ0n) is 19.9. The van der Waals surface area contributed by atoms with Crippen molar-refractivity contribution in [3.8, 4) is 63.0 Å². The van der Waals surface area contributed by atoms with Crippen LogP contribution in [-0.2, 0) is 0 Å². The van der Waals surface area contributed by atoms with E-state index in [2.05, 4.69) is 11.1 Å². The predicted molar refractivity (Wildman–Crippen MR) is 133 cm³/mol. The van der Waals surface area contributed by atoms with Gasteiger partial charge < -0.3 is 32.8 Å². The number of hydrogen-bond donors (Lipinski definition) is 0. The Hall–Kier alpha value is -5.10. The first-order valence-corrected chi connectivity index (χ1v) is 11.3. The fraction of sp³-hybridized carbons (Fsp3) is 0.143. The highest BCUT2D eigenvalue weighted by Gasteiger charge is 2.26. The molecule has 0 radical (unpaired) electrons. The van der Waals surface area contributed by atoms with Crippen molar-refractivity contribution in [2.24, 2.45) is 4.99 Å². The van der Waals surface area contributed by atoms with E-state index in [4.69, 9.17) is 32.8 Å². The lowest BCUT2D eigenvalue weighted by Crippen LogP contribution is -1.93. The van der Waals surface area contributed by atoms with E-state index in [1.165, 1.54) is 0 Å². The lowest BCUT2D eigenvalue weighted by molar-refractivity contribution is 0.173. The van der Waals surface area contributed by atoms with Crippen LogP contribution < -0.4 is 28.4 Å². The van der Waals surface area contributed by atoms with Crippen LogP contribution in [0.15, 0.2) is 64.0 Å². The lowest BCUT2D eigenvalue weighted by atomic mass is 9.97. The molecule has 0 atom stereocenters. The summed E-state index contributed by atoms with van der Waals surface area (Å²) in [5, 5.41) is 10.2. The van der Waals surface area contributed by atoms with Crippen molar-refractivity contribution in [1.29, 1.82) is 5.26 Å². The van der Waals surface area contributed by atoms with Crippen LogP contribution >= 0.6 is 0 Å². The molecule has 3 heterocycles. The summed E-state index contributed by atoms with van der Waals surface area (Å²) in [4.78, 5) is 4.53. The first-order chi connectivity index (χ1) is 18.2. The van der Waals surface area contributed by atoms with Crippen LogP contribution in [0.4, 0.5) is 5.88 Å². The van der Waals surface area contributed by atoms with Crippen molar-refractivity contribution in [1.82, 2.24) is 0 Å². The Morgan fingerprint density at radius 2 is 1.43 bits per heavy atom. The van der Waals surface area contributed by atoms with E-state index < -0.39 is 0 Å². The van der Waals surface area contributed by atoms with E-state index in [1.807, 2.05) is 42.5 Å². The standard InChI is InChI=1S/C28H20N2O7/c1-31-20-6-3-16(9-23(20)32-2)13-30-28-19(12-29)26(17-4-7-21-24(10-17)35-14-33-21)27(37-28)18-5-8-22-25(11-18)36-15-34-22/h3-11,13H,14-15H2,1-2H3. The van der Waals surface area contributed by atoms with Gasteiger partial charge in [-0.2, -0.15) is 5.26 Å². The molecular formula is C28H20N2O7. The van der Waals surface area contributed by atoms with Crippen LogP contribution in [0.1, 0.15) is 11.1 Å². The van der Waals surface area contributed by atoms with E-state index in [0.717, 1.165) is 11.1 Å². The molecule has 0 aliphatic carbocycles. The Labute approximate surface area is 212 Å². The van der Waals surface area contributed by atoms with Crippen LogP contribution in [0.2, 0.25) is 0 Å². The molecule has 3 aromatic carbocycles. The quantitative estimate of drug-likeness (QED) is 0.313. The third-order valence-electron chi connectivity index (χ3n) is 6.04. The van der Waals surface area contributed by atoms with Gasteiger partial charge in [-0.05, 0) is 59.7 Å². The molecule has 184 valence electrons. The first-order valence-electron chi connectivity index (χ1n) is 11.3. The number of nitriles is 1. The van der Waals surface area contributed by atoms with E-state index >= 15 is 0 Å². The van der Waals surface area contributed by atoms with E-state index in [0.29, 0.717) is 51.4 Å². The Balaban J connectivity index is 1.49. The van der Waals surface area contributed by atoms with Crippen LogP contribution in [0, 0.1) is 11.3 Å². The summed E-state index contributed by atoms with van der Waals surface area (Å²) in [5.74, 6) is 4.27. The van der Waals surface area contributed by atoms with Gasteiger partial charge in [0.2, 0.25) is 19.5 Å². The molecule has 0 fully saturated rings. The number of ether oxygens (including phenoxy) is 6. The molecule has 0 saturated heterocycles. The van der Waals surface area contributed by atoms with E-state index in [1.54, 1.807) is 32.6 Å². The molecule has 0 unspecified atom stereocenters. The fourth-order valence-corrected chi connectivity index (χ4v) is 4.25. The average molecular weight is 496 g/mol. The third-order valence-corrected chi connectivity index (χ3v) is 6.04. The number of nitrogens with zero attached hydrogens (tertiary/aromatic N) is 2. The normalized spacial score (nSPS) is 13.1. The van der Waals surface area contributed by atoms with Gasteiger partial charge in [0.15, 0.2) is 34.5 Å². The maximum absolute atomic E-state index is 10.2. The molecule has 0 amide bonds. The number of aliphatic imine (C=N–C) groups is 1. The highest BCUT2D eigenvalue weighted by molar-refractivity contribution is 5.91. The number of benzene rings is 3. The second-order valence-electron chi connectivity index (χ2n) is 8.11. The van der Waals surface area contributed by atoms with Crippen molar-refractivity contribution in [2.45, 2.75) is 0 Å². The summed E-state index contributed by atoms with van der Waals surface area (Å²) in [6.45, 7) is 0.293. The van der Waals surface area contributed by atoms with Crippen molar-refractivity contribution in [3.63, 3.8) is 0 Å². The minimum Gasteiger partial charge on any atom is -0.493 e. The summed E-state index contributed by atoms with van der Waals surface area (Å²) < 4.78 is 38.9. The fourth-order valence-electron chi connectivity index (χ4n) is 4.25. The summed E-state index contributed by atoms with van der Waals surface area (Å²) >= 11 is 0. The summed E-state index contributed by atoms with van der Waals surface area (Å²) in [6.07, 6.45) is 1.61. The predicted octanol–water partition coefficient (Wildman–Crippen LogP) is 5.71. The van der Waals surface area contributed by atoms with Crippen LogP contribution in [0.5, 0.6) is 34.5 Å². The number of furan rings is 1. The number of methoxy groups -OCH3 is 2. The number of fused-ring (bicyclic) bond motifs is 2. The molecule has 2 aliphatic rings. The van der Waals surface area contributed by atoms with Crippen molar-refractivity contribution < 1.29 is 32.8 Å². The molecule has 2 aliphatic heterocycles. The second kappa shape index (κ2) is 9.17. The van der Waals surface area contributed by atoms with Crippen LogP contribution in [0.3, 0.4) is 0 Å². The SMILES string of the molecule is COc1ccc(C=Nc2oc(-c3ccc4c(c3)OCO4)c(-c3ccc4c(c3)OCO4)c2C#N)cc1OC. The smallest absolute Gasteiger partial charge is 0.238 e. The molecule has 6 rings (SSSR count). The minimum absolute atomic E-state index is 0.144. The summed E-state index contributed by atoms with van der Waals surface area (Å²) in [5.41, 5.74) is 3.04. The monoisotopic (exact) mass is 496 g/mol. The molecule has 0 bridgehead atoms. The first kappa shape index (κ1) is 22.4. The molecule has 0 N–H and O–H groups in total. The molecule has 9 nitrogen and oxygen atoms in total. The minimum atomic E-state index is 0.144. The Morgan fingerprint density at radius 3 is 2.11 bits per heavy atom. The number of rotatable bonds is 6. The molecule has 37 heavy (non-hydrogen) atoms. The van der Waals surface area contributed by atoms with Gasteiger partial charge in [0.1, 0.15) is 17.4 Å². The zero-order valence-corrected chi connectivity index (χ0v) is 19.9. The van der Waals surface area contributed by atoms with Crippen molar-refractivity contribution >= 4 is 12.1 Å². The Kier molecular flexibility index (Phi) is 5.54. The third kappa shape index (κ3) is 3.94. The van der Waals surface area contributed by atoms with Crippen LogP contribution in [0.25, 0.3) is 22.5 Å². The highest BCUT2D eigenvalue weighted by Crippen LogP contribution is 2.47. The lowest BCUT2D eigenvalue weighted by Gasteiger charge is -2.07. The molecule has 1 aromatic heterocycles. The summed E-state index contributed by atoms with van der Waals surface area (Å²) in [6, 6.07) is 18.6. The molecule has 0 saturated carbocycles. The number of hydrogen-bond acceptors (Lipinski definition) is 9. The van der Waals surface area contributed by atoms with Gasteiger partial charge in [0.05, 0.1) is 14.2 Å². The maximum atomic E-state index is 10.2. The van der Waals surface area contributed by atoms with Crippen molar-refractivity contribution in [2.75, 3.05) is 27.8 Å². The van der Waals surface area contributed by atoms with Gasteiger partial charge in [0.25, 0.3) is 0 Å². The maximum Gasteiger partial charge on any atom is 0.238 e. The molecule has 4 aromatic rings. The van der Waals surface area contributed by atoms with Gasteiger partial charge in [0, 0.05) is 17.3 Å². The molecule has 0 spiro atoms. The largest absolute Gasteiger partial charge is 0.493 e. The Morgan fingerprint density at radius 1 is 0.784 bits per heavy atom. The van der Waals surface area contributed by atoms with Gasteiger partial charge in [-0.25, -0.2) is 4.99 Å². The average Bonchev–Trinajstić information content (AvgIpc) is 3.68. The zero-order chi connectivity index (χ0) is 25.4. The second-order valence-corrected chi connectivity index (χ2v) is 8.11. The van der Waals surface area contributed by atoms with Gasteiger partial charge in [-0.3, -0.25) is 0 Å².